The van der Waals surface area contributed by atoms with Gasteiger partial charge in [0, 0.05) is 26.3 Å². The highest BCUT2D eigenvalue weighted by molar-refractivity contribution is 7.90. The first-order valence-corrected chi connectivity index (χ1v) is 12.3. The number of aromatic nitrogens is 2. The Hall–Kier alpha value is -2.49. The zero-order chi connectivity index (χ0) is 23.2. The van der Waals surface area contributed by atoms with Crippen LogP contribution in [-0.2, 0) is 25.9 Å². The third kappa shape index (κ3) is 4.37. The van der Waals surface area contributed by atoms with Crippen LogP contribution >= 0.6 is 11.6 Å². The van der Waals surface area contributed by atoms with E-state index in [1.165, 1.54) is 13.0 Å². The van der Waals surface area contributed by atoms with Crippen molar-refractivity contribution in [2.75, 3.05) is 26.0 Å². The van der Waals surface area contributed by atoms with E-state index in [9.17, 15) is 13.2 Å². The van der Waals surface area contributed by atoms with E-state index in [1.807, 2.05) is 29.7 Å². The third-order valence-electron chi connectivity index (χ3n) is 5.54. The molecule has 1 aliphatic rings. The van der Waals surface area contributed by atoms with E-state index in [2.05, 4.69) is 4.98 Å². The minimum atomic E-state index is -3.63. The Bertz CT molecular complexity index is 1300. The van der Waals surface area contributed by atoms with Gasteiger partial charge < -0.3 is 14.2 Å². The van der Waals surface area contributed by atoms with Crippen LogP contribution in [0.2, 0.25) is 5.02 Å². The van der Waals surface area contributed by atoms with Crippen LogP contribution in [0.1, 0.15) is 12.5 Å². The van der Waals surface area contributed by atoms with Crippen molar-refractivity contribution < 1.29 is 22.3 Å². The van der Waals surface area contributed by atoms with Crippen LogP contribution in [0.25, 0.3) is 22.4 Å². The molecule has 0 spiro atoms. The number of amides is 1. The molecule has 10 heteroatoms. The lowest BCUT2D eigenvalue weighted by Gasteiger charge is -2.32. The van der Waals surface area contributed by atoms with Crippen LogP contribution in [0.15, 0.2) is 35.2 Å². The molecule has 0 saturated carbocycles. The van der Waals surface area contributed by atoms with Gasteiger partial charge in [-0.3, -0.25) is 4.79 Å². The highest BCUT2D eigenvalue weighted by atomic mass is 35.5. The zero-order valence-electron chi connectivity index (χ0n) is 17.9. The smallest absolute Gasteiger partial charge is 0.219 e. The number of rotatable bonds is 4. The number of fused-ring (bicyclic) bond motifs is 1. The predicted octanol–water partition coefficient (Wildman–Crippen LogP) is 3.46. The maximum Gasteiger partial charge on any atom is 0.219 e. The molecule has 170 valence electrons. The van der Waals surface area contributed by atoms with E-state index in [0.717, 1.165) is 23.4 Å². The van der Waals surface area contributed by atoms with E-state index < -0.39 is 15.7 Å². The van der Waals surface area contributed by atoms with Gasteiger partial charge in [0.2, 0.25) is 5.91 Å². The van der Waals surface area contributed by atoms with Crippen molar-refractivity contribution in [2.45, 2.75) is 31.4 Å². The van der Waals surface area contributed by atoms with Crippen LogP contribution < -0.4 is 0 Å². The maximum atomic E-state index is 15.2. The first-order chi connectivity index (χ1) is 15.0. The fraction of sp³-hybridized carbons (Fsp3) is 0.364. The summed E-state index contributed by atoms with van der Waals surface area (Å²) >= 11 is 6.37. The van der Waals surface area contributed by atoms with Gasteiger partial charge in [-0.15, -0.1) is 0 Å². The first kappa shape index (κ1) is 22.7. The van der Waals surface area contributed by atoms with Crippen molar-refractivity contribution in [1.29, 1.82) is 0 Å². The summed E-state index contributed by atoms with van der Waals surface area (Å²) in [6, 6.07) is 7.90. The second-order valence-electron chi connectivity index (χ2n) is 8.03. The molecule has 4 rings (SSSR count). The van der Waals surface area contributed by atoms with Gasteiger partial charge in [-0.1, -0.05) is 17.7 Å². The van der Waals surface area contributed by atoms with Crippen LogP contribution in [0, 0.1) is 12.7 Å². The summed E-state index contributed by atoms with van der Waals surface area (Å²) in [4.78, 5) is 18.0. The molecule has 0 unspecified atom stereocenters. The van der Waals surface area contributed by atoms with Gasteiger partial charge in [0.1, 0.15) is 11.6 Å². The molecule has 0 radical (unpaired) electrons. The van der Waals surface area contributed by atoms with Gasteiger partial charge in [-0.2, -0.15) is 0 Å². The second-order valence-corrected chi connectivity index (χ2v) is 10.5. The van der Waals surface area contributed by atoms with E-state index in [-0.39, 0.29) is 33.3 Å². The van der Waals surface area contributed by atoms with Gasteiger partial charge in [-0.05, 0) is 36.8 Å². The molecular weight excluding hydrogens is 457 g/mol. The minimum Gasteiger partial charge on any atom is -0.373 e. The van der Waals surface area contributed by atoms with Crippen LogP contribution in [0.5, 0.6) is 0 Å². The molecule has 2 heterocycles. The number of hydrogen-bond acceptors (Lipinski definition) is 5. The Kier molecular flexibility index (Phi) is 6.00. The topological polar surface area (TPSA) is 81.5 Å². The van der Waals surface area contributed by atoms with Crippen LogP contribution in [0.4, 0.5) is 4.39 Å². The highest BCUT2D eigenvalue weighted by Gasteiger charge is 2.27. The Morgan fingerprint density at radius 1 is 1.31 bits per heavy atom. The molecule has 1 saturated heterocycles. The summed E-state index contributed by atoms with van der Waals surface area (Å²) < 4.78 is 46.6. The van der Waals surface area contributed by atoms with E-state index in [1.54, 1.807) is 4.90 Å². The summed E-state index contributed by atoms with van der Waals surface area (Å²) in [5, 5.41) is -0.0476. The molecule has 1 aromatic heterocycles. The molecule has 1 atom stereocenters. The first-order valence-electron chi connectivity index (χ1n) is 10.1. The van der Waals surface area contributed by atoms with Gasteiger partial charge >= 0.3 is 0 Å². The molecule has 7 nitrogen and oxygen atoms in total. The van der Waals surface area contributed by atoms with Crippen LogP contribution in [0.3, 0.4) is 0 Å². The highest BCUT2D eigenvalue weighted by Crippen LogP contribution is 2.35. The SMILES string of the molecule is CC(=O)N1CCO[C@@H](Cn2c(-c3c(F)cc(S(C)(=O)=O)cc3Cl)nc3cc(C)ccc32)C1. The summed E-state index contributed by atoms with van der Waals surface area (Å²) in [5.41, 5.74) is 2.43. The molecule has 3 aromatic rings. The van der Waals surface area contributed by atoms with E-state index in [0.29, 0.717) is 31.8 Å². The molecule has 2 aromatic carbocycles. The Morgan fingerprint density at radius 3 is 2.72 bits per heavy atom. The zero-order valence-corrected chi connectivity index (χ0v) is 19.5. The molecule has 0 aliphatic carbocycles. The molecule has 1 aliphatic heterocycles. The number of aryl methyl sites for hydroxylation is 1. The van der Waals surface area contributed by atoms with Crippen molar-refractivity contribution in [2.24, 2.45) is 0 Å². The normalized spacial score (nSPS) is 17.2. The Labute approximate surface area is 190 Å². The molecule has 32 heavy (non-hydrogen) atoms. The summed E-state index contributed by atoms with van der Waals surface area (Å²) in [7, 11) is -3.63. The van der Waals surface area contributed by atoms with Gasteiger partial charge in [0.25, 0.3) is 0 Å². The number of carbonyl (C=O) groups is 1. The van der Waals surface area contributed by atoms with Crippen molar-refractivity contribution in [3.63, 3.8) is 0 Å². The fourth-order valence-electron chi connectivity index (χ4n) is 3.91. The number of sulfone groups is 1. The summed E-state index contributed by atoms with van der Waals surface area (Å²) in [6.45, 7) is 5.11. The lowest BCUT2D eigenvalue weighted by atomic mass is 10.2. The number of imidazole rings is 1. The summed E-state index contributed by atoms with van der Waals surface area (Å²) in [5.74, 6) is -0.534. The second kappa shape index (κ2) is 8.46. The number of carbonyl (C=O) groups excluding carboxylic acids is 1. The number of benzene rings is 2. The van der Waals surface area contributed by atoms with E-state index >= 15 is 4.39 Å². The average Bonchev–Trinajstić information content (AvgIpc) is 3.04. The van der Waals surface area contributed by atoms with Crippen molar-refractivity contribution in [3.8, 4) is 11.4 Å². The number of morpholine rings is 1. The molecule has 0 bridgehead atoms. The van der Waals surface area contributed by atoms with Crippen molar-refractivity contribution in [1.82, 2.24) is 14.5 Å². The number of nitrogens with zero attached hydrogens (tertiary/aromatic N) is 3. The summed E-state index contributed by atoms with van der Waals surface area (Å²) in [6.07, 6.45) is 0.680. The van der Waals surface area contributed by atoms with Gasteiger partial charge in [0.05, 0.1) is 45.8 Å². The number of ether oxygens (including phenoxy) is 1. The predicted molar refractivity (Wildman–Crippen MR) is 120 cm³/mol. The number of hydrogen-bond donors (Lipinski definition) is 0. The largest absolute Gasteiger partial charge is 0.373 e. The van der Waals surface area contributed by atoms with Crippen LogP contribution in [-0.4, -0.2) is 60.8 Å². The average molecular weight is 480 g/mol. The number of halogens is 2. The maximum absolute atomic E-state index is 15.2. The van der Waals surface area contributed by atoms with Crippen molar-refractivity contribution >= 4 is 38.4 Å². The van der Waals surface area contributed by atoms with E-state index in [4.69, 9.17) is 16.3 Å². The molecule has 1 amide bonds. The van der Waals surface area contributed by atoms with Gasteiger partial charge in [0.15, 0.2) is 9.84 Å². The molecular formula is C22H23ClFN3O4S. The molecule has 1 fully saturated rings. The molecule has 0 N–H and O–H groups in total. The standard InChI is InChI=1S/C22H23ClFN3O4S/c1-13-4-5-20-19(8-13)25-22(21-17(23)9-16(10-18(21)24)32(3,29)30)27(20)12-15-11-26(14(2)28)6-7-31-15/h4-5,8-10,15H,6-7,11-12H2,1-3H3/t15-/m1/s1. The fourth-order valence-corrected chi connectivity index (χ4v) is 4.92. The monoisotopic (exact) mass is 479 g/mol. The Balaban J connectivity index is 1.85. The minimum absolute atomic E-state index is 0.0205. The lowest BCUT2D eigenvalue weighted by Crippen LogP contribution is -2.46. The third-order valence-corrected chi connectivity index (χ3v) is 6.93. The van der Waals surface area contributed by atoms with Crippen molar-refractivity contribution in [3.05, 3.63) is 46.7 Å². The quantitative estimate of drug-likeness (QED) is 0.572. The Morgan fingerprint density at radius 2 is 2.06 bits per heavy atom. The lowest BCUT2D eigenvalue weighted by molar-refractivity contribution is -0.136. The van der Waals surface area contributed by atoms with Gasteiger partial charge in [-0.25, -0.2) is 17.8 Å².